The smallest absolute Gasteiger partial charge is 0.265 e. The Balaban J connectivity index is 1.68. The molecule has 7 heteroatoms. The third-order valence-corrected chi connectivity index (χ3v) is 6.04. The Kier molecular flexibility index (Phi) is 4.68. The van der Waals surface area contributed by atoms with Gasteiger partial charge >= 0.3 is 0 Å². The molecule has 0 aliphatic carbocycles. The molecule has 4 nitrogen and oxygen atoms in total. The molecule has 4 rings (SSSR count). The second-order valence-corrected chi connectivity index (χ2v) is 8.10. The second kappa shape index (κ2) is 7.00. The highest BCUT2D eigenvalue weighted by Crippen LogP contribution is 2.31. The molecule has 2 aromatic heterocycles. The number of halogens is 2. The van der Waals surface area contributed by atoms with E-state index >= 15 is 0 Å². The van der Waals surface area contributed by atoms with E-state index in [9.17, 15) is 4.79 Å². The van der Waals surface area contributed by atoms with Crippen molar-refractivity contribution in [2.24, 2.45) is 0 Å². The lowest BCUT2D eigenvalue weighted by molar-refractivity contribution is 0.103. The summed E-state index contributed by atoms with van der Waals surface area (Å²) in [6, 6.07) is 14.8. The van der Waals surface area contributed by atoms with E-state index in [1.807, 2.05) is 61.0 Å². The standard InChI is InChI=1S/C20H15Cl2N3OS/c1-11-3-6-14(9-17(11)22)23-19(26)18-10-16-12(2)24-25(20(16)27-18)15-7-4-13(21)5-8-15/h3-10H,1-2H3,(H,23,26). The van der Waals surface area contributed by atoms with Crippen LogP contribution in [0.5, 0.6) is 0 Å². The highest BCUT2D eigenvalue weighted by molar-refractivity contribution is 7.20. The van der Waals surface area contributed by atoms with Gasteiger partial charge in [-0.05, 0) is 61.9 Å². The van der Waals surface area contributed by atoms with Gasteiger partial charge in [-0.1, -0.05) is 29.3 Å². The first kappa shape index (κ1) is 18.0. The fraction of sp³-hybridized carbons (Fsp3) is 0.100. The van der Waals surface area contributed by atoms with Crippen LogP contribution >= 0.6 is 34.5 Å². The number of hydrogen-bond donors (Lipinski definition) is 1. The van der Waals surface area contributed by atoms with Crippen molar-refractivity contribution in [1.29, 1.82) is 0 Å². The average Bonchev–Trinajstić information content (AvgIpc) is 3.20. The van der Waals surface area contributed by atoms with E-state index < -0.39 is 0 Å². The maximum Gasteiger partial charge on any atom is 0.265 e. The van der Waals surface area contributed by atoms with Crippen molar-refractivity contribution in [3.63, 3.8) is 0 Å². The number of thiophene rings is 1. The Hall–Kier alpha value is -2.34. The van der Waals surface area contributed by atoms with Crippen LogP contribution in [0.2, 0.25) is 10.0 Å². The maximum atomic E-state index is 12.7. The van der Waals surface area contributed by atoms with Gasteiger partial charge in [0, 0.05) is 21.1 Å². The molecule has 0 fully saturated rings. The maximum absolute atomic E-state index is 12.7. The summed E-state index contributed by atoms with van der Waals surface area (Å²) in [6.45, 7) is 3.86. The second-order valence-electron chi connectivity index (χ2n) is 6.22. The summed E-state index contributed by atoms with van der Waals surface area (Å²) < 4.78 is 1.84. The number of anilines is 1. The number of aryl methyl sites for hydroxylation is 2. The van der Waals surface area contributed by atoms with Crippen molar-refractivity contribution in [1.82, 2.24) is 9.78 Å². The number of carbonyl (C=O) groups is 1. The number of fused-ring (bicyclic) bond motifs is 1. The molecule has 0 aliphatic heterocycles. The van der Waals surface area contributed by atoms with Crippen LogP contribution in [0.1, 0.15) is 20.9 Å². The summed E-state index contributed by atoms with van der Waals surface area (Å²) in [5.74, 6) is -0.168. The van der Waals surface area contributed by atoms with Crippen molar-refractivity contribution in [2.75, 3.05) is 5.32 Å². The van der Waals surface area contributed by atoms with E-state index in [0.717, 1.165) is 27.2 Å². The number of nitrogens with one attached hydrogen (secondary N) is 1. The molecule has 0 radical (unpaired) electrons. The third-order valence-electron chi connectivity index (χ3n) is 4.27. The van der Waals surface area contributed by atoms with E-state index in [1.54, 1.807) is 6.07 Å². The summed E-state index contributed by atoms with van der Waals surface area (Å²) in [6.07, 6.45) is 0. The van der Waals surface area contributed by atoms with Crippen molar-refractivity contribution >= 4 is 56.3 Å². The van der Waals surface area contributed by atoms with Crippen molar-refractivity contribution in [3.05, 3.63) is 74.7 Å². The Morgan fingerprint density at radius 1 is 1.07 bits per heavy atom. The van der Waals surface area contributed by atoms with Gasteiger partial charge in [-0.25, -0.2) is 4.68 Å². The van der Waals surface area contributed by atoms with Crippen LogP contribution in [0.3, 0.4) is 0 Å². The highest BCUT2D eigenvalue weighted by atomic mass is 35.5. The van der Waals surface area contributed by atoms with Gasteiger partial charge in [0.15, 0.2) is 0 Å². The van der Waals surface area contributed by atoms with Gasteiger partial charge in [0.25, 0.3) is 5.91 Å². The summed E-state index contributed by atoms with van der Waals surface area (Å²) in [5, 5.41) is 9.75. The minimum atomic E-state index is -0.168. The SMILES string of the molecule is Cc1ccc(NC(=O)c2cc3c(C)nn(-c4ccc(Cl)cc4)c3s2)cc1Cl. The van der Waals surface area contributed by atoms with E-state index in [1.165, 1.54) is 11.3 Å². The minimum Gasteiger partial charge on any atom is -0.321 e. The number of carbonyl (C=O) groups excluding carboxylic acids is 1. The number of nitrogens with zero attached hydrogens (tertiary/aromatic N) is 2. The molecule has 0 bridgehead atoms. The largest absolute Gasteiger partial charge is 0.321 e. The van der Waals surface area contributed by atoms with E-state index in [-0.39, 0.29) is 5.91 Å². The summed E-state index contributed by atoms with van der Waals surface area (Å²) in [7, 11) is 0. The molecule has 0 saturated heterocycles. The first-order chi connectivity index (χ1) is 12.9. The highest BCUT2D eigenvalue weighted by Gasteiger charge is 2.17. The number of rotatable bonds is 3. The Morgan fingerprint density at radius 3 is 2.52 bits per heavy atom. The average molecular weight is 416 g/mol. The van der Waals surface area contributed by atoms with Gasteiger partial charge < -0.3 is 5.32 Å². The molecule has 2 heterocycles. The number of benzene rings is 2. The van der Waals surface area contributed by atoms with Gasteiger partial charge in [0.2, 0.25) is 0 Å². The molecule has 136 valence electrons. The number of amides is 1. The molecule has 0 saturated carbocycles. The molecule has 2 aromatic carbocycles. The van der Waals surface area contributed by atoms with Crippen LogP contribution in [0.4, 0.5) is 5.69 Å². The minimum absolute atomic E-state index is 0.168. The summed E-state index contributed by atoms with van der Waals surface area (Å²) >= 11 is 13.5. The van der Waals surface area contributed by atoms with Crippen LogP contribution < -0.4 is 5.32 Å². The molecule has 1 amide bonds. The van der Waals surface area contributed by atoms with Crippen LogP contribution in [0, 0.1) is 13.8 Å². The molecular weight excluding hydrogens is 401 g/mol. The monoisotopic (exact) mass is 415 g/mol. The zero-order chi connectivity index (χ0) is 19.1. The normalized spacial score (nSPS) is 11.1. The van der Waals surface area contributed by atoms with Crippen molar-refractivity contribution in [2.45, 2.75) is 13.8 Å². The van der Waals surface area contributed by atoms with Gasteiger partial charge in [0.1, 0.15) is 4.83 Å². The summed E-state index contributed by atoms with van der Waals surface area (Å²) in [4.78, 5) is 14.2. The van der Waals surface area contributed by atoms with Crippen LogP contribution in [-0.2, 0) is 0 Å². The van der Waals surface area contributed by atoms with Crippen LogP contribution in [-0.4, -0.2) is 15.7 Å². The lowest BCUT2D eigenvalue weighted by Crippen LogP contribution is -2.10. The van der Waals surface area contributed by atoms with Gasteiger partial charge in [-0.2, -0.15) is 5.10 Å². The first-order valence-electron chi connectivity index (χ1n) is 8.25. The van der Waals surface area contributed by atoms with Crippen molar-refractivity contribution < 1.29 is 4.79 Å². The first-order valence-corrected chi connectivity index (χ1v) is 9.82. The van der Waals surface area contributed by atoms with Gasteiger partial charge in [-0.15, -0.1) is 11.3 Å². The van der Waals surface area contributed by atoms with Gasteiger partial charge in [-0.3, -0.25) is 4.79 Å². The van der Waals surface area contributed by atoms with E-state index in [2.05, 4.69) is 10.4 Å². The lowest BCUT2D eigenvalue weighted by Gasteiger charge is -2.05. The molecule has 0 atom stereocenters. The summed E-state index contributed by atoms with van der Waals surface area (Å²) in [5.41, 5.74) is 3.41. The van der Waals surface area contributed by atoms with Crippen molar-refractivity contribution in [3.8, 4) is 5.69 Å². The lowest BCUT2D eigenvalue weighted by atomic mass is 10.2. The molecule has 1 N–H and O–H groups in total. The molecule has 27 heavy (non-hydrogen) atoms. The molecular formula is C20H15Cl2N3OS. The zero-order valence-electron chi connectivity index (χ0n) is 14.6. The Morgan fingerprint density at radius 2 is 1.81 bits per heavy atom. The molecule has 0 spiro atoms. The topological polar surface area (TPSA) is 46.9 Å². The Labute approximate surface area is 170 Å². The zero-order valence-corrected chi connectivity index (χ0v) is 16.9. The van der Waals surface area contributed by atoms with Crippen LogP contribution in [0.25, 0.3) is 15.9 Å². The van der Waals surface area contributed by atoms with Crippen LogP contribution in [0.15, 0.2) is 48.5 Å². The van der Waals surface area contributed by atoms with Gasteiger partial charge in [0.05, 0.1) is 16.3 Å². The predicted octanol–water partition coefficient (Wildman–Crippen LogP) is 6.26. The molecule has 0 aliphatic rings. The predicted molar refractivity (Wildman–Crippen MR) is 113 cm³/mol. The molecule has 4 aromatic rings. The fourth-order valence-electron chi connectivity index (χ4n) is 2.78. The Bertz CT molecular complexity index is 1160. The van der Waals surface area contributed by atoms with E-state index in [0.29, 0.717) is 20.6 Å². The third kappa shape index (κ3) is 3.46. The number of aromatic nitrogens is 2. The van der Waals surface area contributed by atoms with E-state index in [4.69, 9.17) is 23.2 Å². The molecule has 0 unspecified atom stereocenters. The number of hydrogen-bond acceptors (Lipinski definition) is 3. The quantitative estimate of drug-likeness (QED) is 0.428. The fourth-order valence-corrected chi connectivity index (χ4v) is 4.16.